The molecule has 0 spiro atoms. The van der Waals surface area contributed by atoms with Gasteiger partial charge in [-0.05, 0) is 18.2 Å². The summed E-state index contributed by atoms with van der Waals surface area (Å²) in [5.41, 5.74) is 0.0390. The smallest absolute Gasteiger partial charge is 0.470 e. The van der Waals surface area contributed by atoms with E-state index in [1.807, 2.05) is 0 Å². The number of nitrogens with zero attached hydrogens (tertiary/aromatic N) is 4. The number of hydrogen-bond acceptors (Lipinski definition) is 6. The number of aromatic nitrogens is 4. The van der Waals surface area contributed by atoms with Gasteiger partial charge in [-0.2, -0.15) is 18.2 Å². The molecule has 0 amide bonds. The second-order valence-electron chi connectivity index (χ2n) is 4.62. The molecule has 0 aliphatic heterocycles. The number of alkyl halides is 3. The van der Waals surface area contributed by atoms with Crippen LogP contribution in [-0.4, -0.2) is 20.1 Å². The predicted molar refractivity (Wildman–Crippen MR) is 76.1 cm³/mol. The quantitative estimate of drug-likeness (QED) is 0.644. The maximum atomic E-state index is 13.5. The Hall–Kier alpha value is -2.75. The van der Waals surface area contributed by atoms with E-state index in [9.17, 15) is 17.6 Å². The Bertz CT molecular complexity index is 901. The molecule has 0 N–H and O–H groups in total. The van der Waals surface area contributed by atoms with Gasteiger partial charge in [0.15, 0.2) is 0 Å². The molecule has 0 bridgehead atoms. The zero-order valence-corrected chi connectivity index (χ0v) is 12.8. The average Bonchev–Trinajstić information content (AvgIpc) is 3.05. The lowest BCUT2D eigenvalue weighted by Gasteiger charge is -2.08. The summed E-state index contributed by atoms with van der Waals surface area (Å²) >= 11 is 6.07. The molecule has 0 fully saturated rings. The highest BCUT2D eigenvalue weighted by atomic mass is 35.5. The molecule has 0 unspecified atom stereocenters. The lowest BCUT2D eigenvalue weighted by atomic mass is 10.2. The van der Waals surface area contributed by atoms with E-state index in [2.05, 4.69) is 24.6 Å². The molecular formula is C14H7ClF4N4O2. The fourth-order valence-corrected chi connectivity index (χ4v) is 2.06. The van der Waals surface area contributed by atoms with Crippen LogP contribution in [0.1, 0.15) is 11.6 Å². The van der Waals surface area contributed by atoms with Crippen molar-refractivity contribution in [2.45, 2.75) is 12.8 Å². The van der Waals surface area contributed by atoms with Gasteiger partial charge in [-0.15, -0.1) is 0 Å². The maximum Gasteiger partial charge on any atom is 0.471 e. The molecule has 3 aromatic rings. The second kappa shape index (κ2) is 6.63. The van der Waals surface area contributed by atoms with Crippen molar-refractivity contribution in [3.05, 3.63) is 53.0 Å². The van der Waals surface area contributed by atoms with E-state index in [0.29, 0.717) is 0 Å². The lowest BCUT2D eigenvalue weighted by Crippen LogP contribution is -2.05. The van der Waals surface area contributed by atoms with Crippen molar-refractivity contribution in [2.24, 2.45) is 0 Å². The van der Waals surface area contributed by atoms with Crippen molar-refractivity contribution >= 4 is 11.6 Å². The van der Waals surface area contributed by atoms with Crippen LogP contribution >= 0.6 is 11.6 Å². The summed E-state index contributed by atoms with van der Waals surface area (Å²) in [5.74, 6) is -2.60. The van der Waals surface area contributed by atoms with Gasteiger partial charge in [0.25, 0.3) is 0 Å². The van der Waals surface area contributed by atoms with Crippen molar-refractivity contribution in [3.63, 3.8) is 0 Å². The first kappa shape index (κ1) is 17.1. The molecule has 11 heteroatoms. The Morgan fingerprint density at radius 1 is 1.16 bits per heavy atom. The lowest BCUT2D eigenvalue weighted by molar-refractivity contribution is -0.159. The number of rotatable bonds is 4. The molecule has 0 aromatic carbocycles. The molecule has 0 aliphatic carbocycles. The van der Waals surface area contributed by atoms with Crippen LogP contribution < -0.4 is 4.74 Å². The Morgan fingerprint density at radius 3 is 2.64 bits per heavy atom. The molecule has 0 radical (unpaired) electrons. The third kappa shape index (κ3) is 3.68. The van der Waals surface area contributed by atoms with E-state index in [-0.39, 0.29) is 34.6 Å². The second-order valence-corrected chi connectivity index (χ2v) is 5.00. The van der Waals surface area contributed by atoms with Gasteiger partial charge in [-0.25, -0.2) is 9.37 Å². The van der Waals surface area contributed by atoms with Crippen molar-refractivity contribution in [1.82, 2.24) is 20.1 Å². The van der Waals surface area contributed by atoms with Crippen molar-refractivity contribution in [3.8, 4) is 17.3 Å². The molecule has 3 heterocycles. The van der Waals surface area contributed by atoms with E-state index in [4.69, 9.17) is 16.3 Å². The average molecular weight is 375 g/mol. The van der Waals surface area contributed by atoms with Gasteiger partial charge in [0.1, 0.15) is 23.1 Å². The minimum absolute atomic E-state index is 0.0182. The van der Waals surface area contributed by atoms with Gasteiger partial charge >= 0.3 is 12.1 Å². The van der Waals surface area contributed by atoms with Gasteiger partial charge in [-0.1, -0.05) is 16.8 Å². The van der Waals surface area contributed by atoms with Crippen LogP contribution in [0.2, 0.25) is 5.02 Å². The topological polar surface area (TPSA) is 73.9 Å². The van der Waals surface area contributed by atoms with Crippen LogP contribution in [0.15, 0.2) is 35.1 Å². The summed E-state index contributed by atoms with van der Waals surface area (Å²) in [4.78, 5) is 10.9. The molecule has 3 rings (SSSR count). The van der Waals surface area contributed by atoms with Gasteiger partial charge in [0.05, 0.1) is 0 Å². The molecule has 3 aromatic heterocycles. The van der Waals surface area contributed by atoms with E-state index in [0.717, 1.165) is 0 Å². The van der Waals surface area contributed by atoms with Gasteiger partial charge < -0.3 is 9.26 Å². The fraction of sp³-hybridized carbons (Fsp3) is 0.143. The van der Waals surface area contributed by atoms with Gasteiger partial charge in [0.2, 0.25) is 11.7 Å². The molecule has 0 atom stereocenters. The van der Waals surface area contributed by atoms with Crippen molar-refractivity contribution < 1.29 is 26.8 Å². The minimum atomic E-state index is -4.78. The molecule has 25 heavy (non-hydrogen) atoms. The number of pyridine rings is 2. The Labute approximate surface area is 142 Å². The molecule has 130 valence electrons. The first-order valence-corrected chi connectivity index (χ1v) is 7.02. The van der Waals surface area contributed by atoms with Gasteiger partial charge in [-0.3, -0.25) is 4.98 Å². The first-order chi connectivity index (χ1) is 11.9. The first-order valence-electron chi connectivity index (χ1n) is 6.64. The SMILES string of the molecule is Fc1cccnc1COc1nccc(-c2noc(C(F)(F)F)n2)c1Cl. The van der Waals surface area contributed by atoms with Crippen LogP contribution in [0.25, 0.3) is 11.4 Å². The van der Waals surface area contributed by atoms with Crippen molar-refractivity contribution in [1.29, 1.82) is 0 Å². The van der Waals surface area contributed by atoms with Crippen LogP contribution in [0.3, 0.4) is 0 Å². The van der Waals surface area contributed by atoms with E-state index >= 15 is 0 Å². The summed E-state index contributed by atoms with van der Waals surface area (Å²) in [6.07, 6.45) is -2.17. The van der Waals surface area contributed by atoms with Crippen LogP contribution in [0, 0.1) is 5.82 Å². The summed E-state index contributed by atoms with van der Waals surface area (Å²) < 4.78 is 60.6. The Balaban J connectivity index is 1.85. The van der Waals surface area contributed by atoms with Crippen LogP contribution in [0.5, 0.6) is 5.88 Å². The molecule has 6 nitrogen and oxygen atoms in total. The third-order valence-electron chi connectivity index (χ3n) is 2.95. The highest BCUT2D eigenvalue weighted by Gasteiger charge is 2.38. The van der Waals surface area contributed by atoms with Gasteiger partial charge in [0, 0.05) is 18.0 Å². The predicted octanol–water partition coefficient (Wildman–Crippen LogP) is 3.92. The number of halogens is 5. The maximum absolute atomic E-state index is 13.5. The standard InChI is InChI=1S/C14H7ClF4N4O2/c15-10-7(11-22-13(25-23-11)14(17,18)19)3-5-21-12(10)24-6-9-8(16)2-1-4-20-9/h1-5H,6H2. The largest absolute Gasteiger partial charge is 0.471 e. The fourth-order valence-electron chi connectivity index (χ4n) is 1.81. The summed E-state index contributed by atoms with van der Waals surface area (Å²) in [6, 6.07) is 3.91. The molecule has 0 aliphatic rings. The highest BCUT2D eigenvalue weighted by Crippen LogP contribution is 2.34. The van der Waals surface area contributed by atoms with Crippen LogP contribution in [-0.2, 0) is 12.8 Å². The van der Waals surface area contributed by atoms with Crippen molar-refractivity contribution in [2.75, 3.05) is 0 Å². The van der Waals surface area contributed by atoms with E-state index in [1.54, 1.807) is 0 Å². The third-order valence-corrected chi connectivity index (χ3v) is 3.31. The normalized spacial score (nSPS) is 11.6. The van der Waals surface area contributed by atoms with Crippen LogP contribution in [0.4, 0.5) is 17.6 Å². The Morgan fingerprint density at radius 2 is 1.96 bits per heavy atom. The molecule has 0 saturated carbocycles. The summed E-state index contributed by atoms with van der Waals surface area (Å²) in [5, 5.41) is 3.10. The zero-order chi connectivity index (χ0) is 18.0. The summed E-state index contributed by atoms with van der Waals surface area (Å²) in [7, 11) is 0. The zero-order valence-electron chi connectivity index (χ0n) is 12.1. The minimum Gasteiger partial charge on any atom is -0.470 e. The molecule has 0 saturated heterocycles. The molecular weight excluding hydrogens is 368 g/mol. The van der Waals surface area contributed by atoms with E-state index in [1.165, 1.54) is 30.6 Å². The number of ether oxygens (including phenoxy) is 1. The monoisotopic (exact) mass is 374 g/mol. The van der Waals surface area contributed by atoms with E-state index < -0.39 is 17.9 Å². The Kier molecular flexibility index (Phi) is 4.53. The highest BCUT2D eigenvalue weighted by molar-refractivity contribution is 6.34. The summed E-state index contributed by atoms with van der Waals surface area (Å²) in [6.45, 7) is -0.275. The number of hydrogen-bond donors (Lipinski definition) is 0.